The largest absolute Gasteiger partial charge is 0.310 e. The Labute approximate surface area is 91.7 Å². The van der Waals surface area contributed by atoms with Crippen molar-refractivity contribution in [2.75, 3.05) is 6.54 Å². The second-order valence-corrected chi connectivity index (χ2v) is 3.82. The van der Waals surface area contributed by atoms with Crippen molar-refractivity contribution in [2.24, 2.45) is 0 Å². The summed E-state index contributed by atoms with van der Waals surface area (Å²) in [5.74, 6) is -0.165. The fourth-order valence-electron chi connectivity index (χ4n) is 1.65. The lowest BCUT2D eigenvalue weighted by Crippen LogP contribution is -2.21. The molecule has 0 saturated carbocycles. The SMILES string of the molecule is CCCCN[C@@H](CC)c1ccc(F)cc1. The Bertz CT molecular complexity index is 268. The molecular weight excluding hydrogens is 189 g/mol. The molecule has 0 aliphatic heterocycles. The minimum atomic E-state index is -0.165. The van der Waals surface area contributed by atoms with E-state index in [0.717, 1.165) is 13.0 Å². The Morgan fingerprint density at radius 2 is 1.87 bits per heavy atom. The van der Waals surface area contributed by atoms with E-state index in [2.05, 4.69) is 19.2 Å². The van der Waals surface area contributed by atoms with Crippen molar-refractivity contribution >= 4 is 0 Å². The summed E-state index contributed by atoms with van der Waals surface area (Å²) in [4.78, 5) is 0. The Morgan fingerprint density at radius 1 is 1.20 bits per heavy atom. The Balaban J connectivity index is 2.53. The average Bonchev–Trinajstić information content (AvgIpc) is 2.26. The summed E-state index contributed by atoms with van der Waals surface area (Å²) < 4.78 is 12.7. The van der Waals surface area contributed by atoms with Gasteiger partial charge in [-0.2, -0.15) is 0 Å². The number of unbranched alkanes of at least 4 members (excludes halogenated alkanes) is 1. The van der Waals surface area contributed by atoms with Gasteiger partial charge in [-0.25, -0.2) is 4.39 Å². The number of hydrogen-bond acceptors (Lipinski definition) is 1. The van der Waals surface area contributed by atoms with Gasteiger partial charge in [0.25, 0.3) is 0 Å². The summed E-state index contributed by atoms with van der Waals surface area (Å²) >= 11 is 0. The Kier molecular flexibility index (Phi) is 5.33. The molecule has 0 saturated heterocycles. The summed E-state index contributed by atoms with van der Waals surface area (Å²) in [6.07, 6.45) is 3.43. The summed E-state index contributed by atoms with van der Waals surface area (Å²) in [6.45, 7) is 5.36. The van der Waals surface area contributed by atoms with Gasteiger partial charge in [-0.3, -0.25) is 0 Å². The summed E-state index contributed by atoms with van der Waals surface area (Å²) in [6, 6.07) is 7.14. The molecule has 1 rings (SSSR count). The van der Waals surface area contributed by atoms with Crippen molar-refractivity contribution < 1.29 is 4.39 Å². The molecular formula is C13H20FN. The topological polar surface area (TPSA) is 12.0 Å². The first-order valence-electron chi connectivity index (χ1n) is 5.76. The van der Waals surface area contributed by atoms with Gasteiger partial charge in [-0.1, -0.05) is 32.4 Å². The van der Waals surface area contributed by atoms with Crippen LogP contribution in [0.4, 0.5) is 4.39 Å². The maximum absolute atomic E-state index is 12.7. The van der Waals surface area contributed by atoms with E-state index >= 15 is 0 Å². The van der Waals surface area contributed by atoms with Crippen LogP contribution in [-0.2, 0) is 0 Å². The van der Waals surface area contributed by atoms with Crippen molar-refractivity contribution in [1.29, 1.82) is 0 Å². The van der Waals surface area contributed by atoms with Gasteiger partial charge in [0.1, 0.15) is 5.82 Å². The molecule has 0 unspecified atom stereocenters. The number of rotatable bonds is 6. The summed E-state index contributed by atoms with van der Waals surface area (Å²) in [5.41, 5.74) is 1.18. The molecule has 0 fully saturated rings. The van der Waals surface area contributed by atoms with Crippen LogP contribution < -0.4 is 5.32 Å². The fourth-order valence-corrected chi connectivity index (χ4v) is 1.65. The van der Waals surface area contributed by atoms with Crippen LogP contribution in [-0.4, -0.2) is 6.54 Å². The molecule has 15 heavy (non-hydrogen) atoms. The van der Waals surface area contributed by atoms with Gasteiger partial charge in [-0.05, 0) is 37.1 Å². The van der Waals surface area contributed by atoms with E-state index < -0.39 is 0 Å². The van der Waals surface area contributed by atoms with E-state index in [4.69, 9.17) is 0 Å². The summed E-state index contributed by atoms with van der Waals surface area (Å²) in [5, 5.41) is 3.48. The van der Waals surface area contributed by atoms with Gasteiger partial charge in [0.05, 0.1) is 0 Å². The van der Waals surface area contributed by atoms with E-state index in [1.165, 1.54) is 30.5 Å². The maximum Gasteiger partial charge on any atom is 0.123 e. The highest BCUT2D eigenvalue weighted by Crippen LogP contribution is 2.16. The van der Waals surface area contributed by atoms with Crippen LogP contribution in [0.2, 0.25) is 0 Å². The van der Waals surface area contributed by atoms with Crippen LogP contribution in [0.25, 0.3) is 0 Å². The molecule has 1 aromatic rings. The number of benzene rings is 1. The van der Waals surface area contributed by atoms with Crippen LogP contribution in [0, 0.1) is 5.82 Å². The van der Waals surface area contributed by atoms with Crippen LogP contribution >= 0.6 is 0 Å². The molecule has 0 spiro atoms. The molecule has 1 aromatic carbocycles. The molecule has 0 bridgehead atoms. The van der Waals surface area contributed by atoms with Gasteiger partial charge in [0, 0.05) is 6.04 Å². The lowest BCUT2D eigenvalue weighted by Gasteiger charge is -2.17. The maximum atomic E-state index is 12.7. The monoisotopic (exact) mass is 209 g/mol. The van der Waals surface area contributed by atoms with Crippen LogP contribution in [0.15, 0.2) is 24.3 Å². The van der Waals surface area contributed by atoms with Crippen molar-refractivity contribution in [3.63, 3.8) is 0 Å². The van der Waals surface area contributed by atoms with Gasteiger partial charge in [-0.15, -0.1) is 0 Å². The standard InChI is InChI=1S/C13H20FN/c1-3-5-10-15-13(4-2)11-6-8-12(14)9-7-11/h6-9,13,15H,3-5,10H2,1-2H3/t13-/m0/s1. The molecule has 1 N–H and O–H groups in total. The first-order chi connectivity index (χ1) is 7.27. The van der Waals surface area contributed by atoms with Crippen molar-refractivity contribution in [3.8, 4) is 0 Å². The highest BCUT2D eigenvalue weighted by molar-refractivity contribution is 5.19. The van der Waals surface area contributed by atoms with Crippen molar-refractivity contribution in [3.05, 3.63) is 35.6 Å². The molecule has 84 valence electrons. The summed E-state index contributed by atoms with van der Waals surface area (Å²) in [7, 11) is 0. The molecule has 0 radical (unpaired) electrons. The van der Waals surface area contributed by atoms with Crippen LogP contribution in [0.5, 0.6) is 0 Å². The lowest BCUT2D eigenvalue weighted by atomic mass is 10.0. The zero-order valence-corrected chi connectivity index (χ0v) is 9.59. The molecule has 1 atom stereocenters. The third kappa shape index (κ3) is 4.00. The highest BCUT2D eigenvalue weighted by atomic mass is 19.1. The number of hydrogen-bond donors (Lipinski definition) is 1. The number of halogens is 1. The lowest BCUT2D eigenvalue weighted by molar-refractivity contribution is 0.507. The van der Waals surface area contributed by atoms with Crippen molar-refractivity contribution in [1.82, 2.24) is 5.32 Å². The van der Waals surface area contributed by atoms with E-state index in [1.54, 1.807) is 0 Å². The molecule has 0 heterocycles. The predicted molar refractivity (Wildman–Crippen MR) is 62.3 cm³/mol. The van der Waals surface area contributed by atoms with Gasteiger partial charge in [0.15, 0.2) is 0 Å². The molecule has 0 aliphatic rings. The second-order valence-electron chi connectivity index (χ2n) is 3.82. The minimum Gasteiger partial charge on any atom is -0.310 e. The first kappa shape index (κ1) is 12.2. The molecule has 1 nitrogen and oxygen atoms in total. The third-order valence-electron chi connectivity index (χ3n) is 2.60. The first-order valence-corrected chi connectivity index (χ1v) is 5.76. The molecule has 0 aromatic heterocycles. The third-order valence-corrected chi connectivity index (χ3v) is 2.60. The second kappa shape index (κ2) is 6.57. The Morgan fingerprint density at radius 3 is 2.40 bits per heavy atom. The smallest absolute Gasteiger partial charge is 0.123 e. The van der Waals surface area contributed by atoms with Crippen LogP contribution in [0.1, 0.15) is 44.7 Å². The van der Waals surface area contributed by atoms with Gasteiger partial charge >= 0.3 is 0 Å². The minimum absolute atomic E-state index is 0.165. The number of nitrogens with one attached hydrogen (secondary N) is 1. The van der Waals surface area contributed by atoms with E-state index in [0.29, 0.717) is 6.04 Å². The quantitative estimate of drug-likeness (QED) is 0.705. The van der Waals surface area contributed by atoms with Gasteiger partial charge < -0.3 is 5.32 Å². The molecule has 0 aliphatic carbocycles. The average molecular weight is 209 g/mol. The van der Waals surface area contributed by atoms with E-state index in [-0.39, 0.29) is 5.82 Å². The van der Waals surface area contributed by atoms with E-state index in [1.807, 2.05) is 12.1 Å². The zero-order valence-electron chi connectivity index (χ0n) is 9.59. The normalized spacial score (nSPS) is 12.7. The van der Waals surface area contributed by atoms with Crippen LogP contribution in [0.3, 0.4) is 0 Å². The fraction of sp³-hybridized carbons (Fsp3) is 0.538. The van der Waals surface area contributed by atoms with Crippen molar-refractivity contribution in [2.45, 2.75) is 39.2 Å². The zero-order chi connectivity index (χ0) is 11.1. The molecule has 0 amide bonds. The highest BCUT2D eigenvalue weighted by Gasteiger charge is 2.07. The Hall–Kier alpha value is -0.890. The van der Waals surface area contributed by atoms with E-state index in [9.17, 15) is 4.39 Å². The van der Waals surface area contributed by atoms with Gasteiger partial charge in [0.2, 0.25) is 0 Å². The molecule has 2 heteroatoms. The predicted octanol–water partition coefficient (Wildman–Crippen LogP) is 3.67.